The number of aromatic nitrogens is 2. The summed E-state index contributed by atoms with van der Waals surface area (Å²) in [6, 6.07) is 5.19. The van der Waals surface area contributed by atoms with Crippen molar-refractivity contribution in [3.63, 3.8) is 0 Å². The van der Waals surface area contributed by atoms with Gasteiger partial charge in [-0.1, -0.05) is 17.7 Å². The molecule has 0 saturated carbocycles. The monoisotopic (exact) mass is 195 g/mol. The average Bonchev–Trinajstić information content (AvgIpc) is 2.15. The number of fused-ring (bicyclic) bond motifs is 1. The number of anilines is 1. The molecule has 0 aliphatic rings. The van der Waals surface area contributed by atoms with E-state index in [1.165, 1.54) is 4.40 Å². The van der Waals surface area contributed by atoms with Gasteiger partial charge in [0.15, 0.2) is 0 Å². The fourth-order valence-electron chi connectivity index (χ4n) is 1.08. The Kier molecular flexibility index (Phi) is 1.70. The quantitative estimate of drug-likeness (QED) is 0.680. The minimum atomic E-state index is -0.343. The second-order valence-electron chi connectivity index (χ2n) is 2.55. The van der Waals surface area contributed by atoms with E-state index < -0.39 is 0 Å². The molecule has 2 rings (SSSR count). The molecule has 0 bridgehead atoms. The molecule has 0 atom stereocenters. The van der Waals surface area contributed by atoms with Crippen molar-refractivity contribution in [1.29, 1.82) is 0 Å². The molecular weight excluding hydrogens is 190 g/mol. The van der Waals surface area contributed by atoms with E-state index in [0.29, 0.717) is 5.65 Å². The zero-order chi connectivity index (χ0) is 9.42. The third-order valence-electron chi connectivity index (χ3n) is 1.70. The fraction of sp³-hybridized carbons (Fsp3) is 0. The molecular formula is C8H6ClN3O. The lowest BCUT2D eigenvalue weighted by molar-refractivity contribution is 1.05. The SMILES string of the molecule is Nc1nc2ccccn2c(=O)c1Cl. The van der Waals surface area contributed by atoms with Crippen LogP contribution in [0.15, 0.2) is 29.2 Å². The maximum Gasteiger partial charge on any atom is 0.278 e. The molecule has 2 aromatic heterocycles. The van der Waals surface area contributed by atoms with Crippen molar-refractivity contribution in [2.75, 3.05) is 5.73 Å². The van der Waals surface area contributed by atoms with Gasteiger partial charge >= 0.3 is 0 Å². The molecule has 0 aliphatic heterocycles. The zero-order valence-corrected chi connectivity index (χ0v) is 7.32. The standard InChI is InChI=1S/C8H6ClN3O/c9-6-7(10)11-5-3-1-2-4-12(5)8(6)13/h1-4H,10H2. The van der Waals surface area contributed by atoms with Gasteiger partial charge in [-0.2, -0.15) is 0 Å². The van der Waals surface area contributed by atoms with Gasteiger partial charge < -0.3 is 5.73 Å². The second kappa shape index (κ2) is 2.74. The summed E-state index contributed by atoms with van der Waals surface area (Å²) in [4.78, 5) is 15.4. The van der Waals surface area contributed by atoms with Crippen molar-refractivity contribution in [3.05, 3.63) is 39.8 Å². The maximum absolute atomic E-state index is 11.5. The molecule has 2 aromatic rings. The van der Waals surface area contributed by atoms with Crippen molar-refractivity contribution < 1.29 is 0 Å². The highest BCUT2D eigenvalue weighted by molar-refractivity contribution is 6.32. The number of rotatable bonds is 0. The number of hydrogen-bond acceptors (Lipinski definition) is 3. The van der Waals surface area contributed by atoms with E-state index in [4.69, 9.17) is 17.3 Å². The summed E-state index contributed by atoms with van der Waals surface area (Å²) in [5.41, 5.74) is 5.58. The van der Waals surface area contributed by atoms with Crippen LogP contribution in [-0.4, -0.2) is 9.38 Å². The summed E-state index contributed by atoms with van der Waals surface area (Å²) in [5.74, 6) is 0.0675. The van der Waals surface area contributed by atoms with Crippen LogP contribution in [0.2, 0.25) is 5.02 Å². The molecule has 0 radical (unpaired) electrons. The molecule has 13 heavy (non-hydrogen) atoms. The highest BCUT2D eigenvalue weighted by atomic mass is 35.5. The lowest BCUT2D eigenvalue weighted by atomic mass is 10.4. The Hall–Kier alpha value is -1.55. The summed E-state index contributed by atoms with van der Waals surface area (Å²) in [5, 5.41) is -0.0382. The van der Waals surface area contributed by atoms with Crippen molar-refractivity contribution in [2.24, 2.45) is 0 Å². The van der Waals surface area contributed by atoms with Crippen molar-refractivity contribution in [1.82, 2.24) is 9.38 Å². The normalized spacial score (nSPS) is 10.5. The van der Waals surface area contributed by atoms with E-state index in [0.717, 1.165) is 0 Å². The maximum atomic E-state index is 11.5. The van der Waals surface area contributed by atoms with E-state index in [1.54, 1.807) is 24.4 Å². The van der Waals surface area contributed by atoms with Gasteiger partial charge in [0, 0.05) is 6.20 Å². The van der Waals surface area contributed by atoms with Crippen LogP contribution < -0.4 is 11.3 Å². The number of nitrogens with two attached hydrogens (primary N) is 1. The molecule has 5 heteroatoms. The van der Waals surface area contributed by atoms with Crippen LogP contribution in [0.5, 0.6) is 0 Å². The molecule has 0 unspecified atom stereocenters. The smallest absolute Gasteiger partial charge is 0.278 e. The third-order valence-corrected chi connectivity index (χ3v) is 2.06. The summed E-state index contributed by atoms with van der Waals surface area (Å²) in [6.07, 6.45) is 1.59. The molecule has 0 fully saturated rings. The van der Waals surface area contributed by atoms with Crippen LogP contribution in [0.4, 0.5) is 5.82 Å². The Labute approximate surface area is 78.6 Å². The summed E-state index contributed by atoms with van der Waals surface area (Å²) < 4.78 is 1.35. The van der Waals surface area contributed by atoms with E-state index in [1.807, 2.05) is 0 Å². The topological polar surface area (TPSA) is 60.4 Å². The van der Waals surface area contributed by atoms with Gasteiger partial charge in [-0.05, 0) is 12.1 Å². The zero-order valence-electron chi connectivity index (χ0n) is 6.57. The minimum Gasteiger partial charge on any atom is -0.382 e. The van der Waals surface area contributed by atoms with Crippen LogP contribution in [0.3, 0.4) is 0 Å². The largest absolute Gasteiger partial charge is 0.382 e. The van der Waals surface area contributed by atoms with Gasteiger partial charge in [0.1, 0.15) is 16.5 Å². The molecule has 0 spiro atoms. The molecule has 2 N–H and O–H groups in total. The number of nitrogen functional groups attached to an aromatic ring is 1. The number of halogens is 1. The van der Waals surface area contributed by atoms with Gasteiger partial charge in [0.05, 0.1) is 0 Å². The molecule has 2 heterocycles. The number of pyridine rings is 1. The highest BCUT2D eigenvalue weighted by Gasteiger charge is 2.05. The number of hydrogen-bond donors (Lipinski definition) is 1. The molecule has 0 amide bonds. The first kappa shape index (κ1) is 8.07. The lowest BCUT2D eigenvalue weighted by Gasteiger charge is -2.01. The van der Waals surface area contributed by atoms with E-state index in [-0.39, 0.29) is 16.4 Å². The molecule has 0 aromatic carbocycles. The van der Waals surface area contributed by atoms with Crippen LogP contribution in [0, 0.1) is 0 Å². The van der Waals surface area contributed by atoms with Crippen LogP contribution >= 0.6 is 11.6 Å². The second-order valence-corrected chi connectivity index (χ2v) is 2.92. The summed E-state index contributed by atoms with van der Waals surface area (Å²) in [6.45, 7) is 0. The molecule has 0 saturated heterocycles. The Morgan fingerprint density at radius 3 is 3.00 bits per heavy atom. The minimum absolute atomic E-state index is 0.0382. The predicted octanol–water partition coefficient (Wildman–Crippen LogP) is 0.930. The van der Waals surface area contributed by atoms with Crippen molar-refractivity contribution >= 4 is 23.1 Å². The first-order valence-electron chi connectivity index (χ1n) is 3.62. The van der Waals surface area contributed by atoms with Gasteiger partial charge in [-0.15, -0.1) is 0 Å². The Morgan fingerprint density at radius 1 is 1.46 bits per heavy atom. The Balaban J connectivity index is 3.03. The van der Waals surface area contributed by atoms with Crippen molar-refractivity contribution in [3.8, 4) is 0 Å². The van der Waals surface area contributed by atoms with Gasteiger partial charge in [0.25, 0.3) is 5.56 Å². The molecule has 0 aliphatic carbocycles. The van der Waals surface area contributed by atoms with Crippen LogP contribution in [-0.2, 0) is 0 Å². The average molecular weight is 196 g/mol. The van der Waals surface area contributed by atoms with Crippen LogP contribution in [0.25, 0.3) is 5.65 Å². The highest BCUT2D eigenvalue weighted by Crippen LogP contribution is 2.10. The lowest BCUT2D eigenvalue weighted by Crippen LogP contribution is -2.16. The molecule has 4 nitrogen and oxygen atoms in total. The van der Waals surface area contributed by atoms with Crippen LogP contribution in [0.1, 0.15) is 0 Å². The van der Waals surface area contributed by atoms with Crippen molar-refractivity contribution in [2.45, 2.75) is 0 Å². The Morgan fingerprint density at radius 2 is 2.23 bits per heavy atom. The third kappa shape index (κ3) is 1.15. The van der Waals surface area contributed by atoms with Gasteiger partial charge in [-0.25, -0.2) is 4.98 Å². The summed E-state index contributed by atoms with van der Waals surface area (Å²) in [7, 11) is 0. The van der Waals surface area contributed by atoms with E-state index in [9.17, 15) is 4.79 Å². The van der Waals surface area contributed by atoms with Gasteiger partial charge in [0.2, 0.25) is 0 Å². The number of nitrogens with zero attached hydrogens (tertiary/aromatic N) is 2. The fourth-order valence-corrected chi connectivity index (χ4v) is 1.22. The van der Waals surface area contributed by atoms with E-state index in [2.05, 4.69) is 4.98 Å². The first-order chi connectivity index (χ1) is 6.20. The molecule has 66 valence electrons. The first-order valence-corrected chi connectivity index (χ1v) is 4.00. The Bertz CT molecular complexity index is 520. The van der Waals surface area contributed by atoms with E-state index >= 15 is 0 Å². The summed E-state index contributed by atoms with van der Waals surface area (Å²) >= 11 is 5.64. The predicted molar refractivity (Wildman–Crippen MR) is 50.9 cm³/mol. The van der Waals surface area contributed by atoms with Gasteiger partial charge in [-0.3, -0.25) is 9.20 Å².